The number of carbonyl (C=O) groups excluding carboxylic acids is 1. The second-order valence-corrected chi connectivity index (χ2v) is 4.15. The molecule has 0 aromatic heterocycles. The molecule has 0 aliphatic rings. The van der Waals surface area contributed by atoms with Crippen LogP contribution in [-0.4, -0.2) is 17.5 Å². The van der Waals surface area contributed by atoms with Gasteiger partial charge in [-0.05, 0) is 19.1 Å². The predicted octanol–water partition coefficient (Wildman–Crippen LogP) is 2.50. The number of ether oxygens (including phenoxy) is 1. The molecule has 0 fully saturated rings. The molecule has 128 valence electrons. The van der Waals surface area contributed by atoms with E-state index in [1.54, 1.807) is 6.07 Å². The molecule has 0 saturated carbocycles. The number of carbonyl (C=O) groups is 1. The molecule has 11 heteroatoms. The Morgan fingerprint density at radius 2 is 2.17 bits per heavy atom. The fourth-order valence-electron chi connectivity index (χ4n) is 1.50. The Bertz CT molecular complexity index is 710. The van der Waals surface area contributed by atoms with Gasteiger partial charge in [-0.25, -0.2) is 4.79 Å². The zero-order valence-corrected chi connectivity index (χ0v) is 12.2. The minimum Gasteiger partial charge on any atom is -0.462 e. The standard InChI is InChI=1S/C13H11F3N4O4/c1-2-24-12(21)8(6-17)7-18-19-10-4-3-9(13(14,15)16)5-11(10)20(22)23/h3-5,7,18-19H,2H2,1H3/b8-7+. The summed E-state index contributed by atoms with van der Waals surface area (Å²) in [6.45, 7) is 1.57. The molecule has 0 spiro atoms. The summed E-state index contributed by atoms with van der Waals surface area (Å²) < 4.78 is 42.3. The number of halogens is 3. The molecule has 0 unspecified atom stereocenters. The van der Waals surface area contributed by atoms with Crippen LogP contribution in [0.3, 0.4) is 0 Å². The van der Waals surface area contributed by atoms with Gasteiger partial charge in [-0.2, -0.15) is 18.4 Å². The average Bonchev–Trinajstić information content (AvgIpc) is 2.50. The highest BCUT2D eigenvalue weighted by atomic mass is 19.4. The molecule has 1 aromatic rings. The van der Waals surface area contributed by atoms with Gasteiger partial charge >= 0.3 is 12.1 Å². The molecular weight excluding hydrogens is 333 g/mol. The molecule has 1 rings (SSSR count). The largest absolute Gasteiger partial charge is 0.462 e. The number of nitrogens with zero attached hydrogens (tertiary/aromatic N) is 2. The van der Waals surface area contributed by atoms with Crippen LogP contribution in [0.5, 0.6) is 0 Å². The summed E-state index contributed by atoms with van der Waals surface area (Å²) in [6.07, 6.45) is -3.85. The molecule has 8 nitrogen and oxygen atoms in total. The maximum absolute atomic E-state index is 12.6. The first-order valence-corrected chi connectivity index (χ1v) is 6.35. The van der Waals surface area contributed by atoms with E-state index in [2.05, 4.69) is 15.6 Å². The lowest BCUT2D eigenvalue weighted by molar-refractivity contribution is -0.384. The van der Waals surface area contributed by atoms with Gasteiger partial charge in [-0.1, -0.05) is 0 Å². The average molecular weight is 344 g/mol. The Balaban J connectivity index is 2.98. The van der Waals surface area contributed by atoms with E-state index in [1.165, 1.54) is 6.92 Å². The summed E-state index contributed by atoms with van der Waals surface area (Å²) in [4.78, 5) is 21.2. The zero-order valence-electron chi connectivity index (χ0n) is 12.2. The number of rotatable bonds is 6. The molecule has 0 amide bonds. The highest BCUT2D eigenvalue weighted by Crippen LogP contribution is 2.34. The maximum Gasteiger partial charge on any atom is 0.416 e. The third-order valence-corrected chi connectivity index (χ3v) is 2.56. The summed E-state index contributed by atoms with van der Waals surface area (Å²) in [5, 5.41) is 19.6. The van der Waals surface area contributed by atoms with Crippen LogP contribution in [0.1, 0.15) is 12.5 Å². The lowest BCUT2D eigenvalue weighted by Crippen LogP contribution is -2.19. The van der Waals surface area contributed by atoms with Gasteiger partial charge in [0.05, 0.1) is 17.1 Å². The van der Waals surface area contributed by atoms with E-state index in [-0.39, 0.29) is 12.3 Å². The third kappa shape index (κ3) is 4.87. The Kier molecular flexibility index (Phi) is 6.11. The van der Waals surface area contributed by atoms with Crippen molar-refractivity contribution in [3.63, 3.8) is 0 Å². The van der Waals surface area contributed by atoms with Crippen molar-refractivity contribution in [2.75, 3.05) is 12.0 Å². The number of hydrogen-bond acceptors (Lipinski definition) is 7. The number of alkyl halides is 3. The Morgan fingerprint density at radius 1 is 1.50 bits per heavy atom. The summed E-state index contributed by atoms with van der Waals surface area (Å²) in [7, 11) is 0. The van der Waals surface area contributed by atoms with Gasteiger partial charge in [0.15, 0.2) is 5.57 Å². The maximum atomic E-state index is 12.6. The Hall–Kier alpha value is -3.29. The first kappa shape index (κ1) is 18.8. The highest BCUT2D eigenvalue weighted by molar-refractivity contribution is 5.92. The topological polar surface area (TPSA) is 117 Å². The van der Waals surface area contributed by atoms with Crippen LogP contribution in [-0.2, 0) is 15.7 Å². The smallest absolute Gasteiger partial charge is 0.416 e. The van der Waals surface area contributed by atoms with E-state index < -0.39 is 33.9 Å². The number of hydrogen-bond donors (Lipinski definition) is 2. The molecule has 24 heavy (non-hydrogen) atoms. The molecule has 2 N–H and O–H groups in total. The molecule has 0 saturated heterocycles. The lowest BCUT2D eigenvalue weighted by atomic mass is 10.1. The van der Waals surface area contributed by atoms with E-state index in [9.17, 15) is 28.1 Å². The highest BCUT2D eigenvalue weighted by Gasteiger charge is 2.33. The molecule has 0 atom stereocenters. The summed E-state index contributed by atoms with van der Waals surface area (Å²) in [5.41, 5.74) is 1.73. The van der Waals surface area contributed by atoms with Crippen LogP contribution in [0.2, 0.25) is 0 Å². The molecule has 1 aromatic carbocycles. The number of nitrogens with one attached hydrogen (secondary N) is 2. The van der Waals surface area contributed by atoms with E-state index >= 15 is 0 Å². The summed E-state index contributed by atoms with van der Waals surface area (Å²) in [5.74, 6) is -0.920. The minimum atomic E-state index is -4.73. The molecule has 0 radical (unpaired) electrons. The van der Waals surface area contributed by atoms with Gasteiger partial charge in [0.25, 0.3) is 5.69 Å². The predicted molar refractivity (Wildman–Crippen MR) is 75.2 cm³/mol. The van der Waals surface area contributed by atoms with Crippen LogP contribution < -0.4 is 10.9 Å². The molecule has 0 aliphatic heterocycles. The van der Waals surface area contributed by atoms with Crippen molar-refractivity contribution in [3.05, 3.63) is 45.6 Å². The SMILES string of the molecule is CCOC(=O)/C(C#N)=C/NNc1ccc(C(F)(F)F)cc1[N+](=O)[O-]. The van der Waals surface area contributed by atoms with Gasteiger partial charge in [0, 0.05) is 12.3 Å². The number of benzene rings is 1. The van der Waals surface area contributed by atoms with E-state index in [1.807, 2.05) is 0 Å². The van der Waals surface area contributed by atoms with Gasteiger partial charge < -0.3 is 10.2 Å². The van der Waals surface area contributed by atoms with Crippen LogP contribution in [0, 0.1) is 21.4 Å². The fourth-order valence-corrected chi connectivity index (χ4v) is 1.50. The van der Waals surface area contributed by atoms with Crippen molar-refractivity contribution in [1.82, 2.24) is 5.43 Å². The summed E-state index contributed by atoms with van der Waals surface area (Å²) in [6, 6.07) is 3.40. The second kappa shape index (κ2) is 7.82. The number of nitro benzene ring substituents is 1. The van der Waals surface area contributed by atoms with Gasteiger partial charge in [-0.3, -0.25) is 15.5 Å². The molecular formula is C13H11F3N4O4. The summed E-state index contributed by atoms with van der Waals surface area (Å²) >= 11 is 0. The zero-order chi connectivity index (χ0) is 18.3. The molecule has 0 heterocycles. The second-order valence-electron chi connectivity index (χ2n) is 4.15. The first-order valence-electron chi connectivity index (χ1n) is 6.35. The fraction of sp³-hybridized carbons (Fsp3) is 0.231. The Labute approximate surface area is 133 Å². The van der Waals surface area contributed by atoms with E-state index in [0.29, 0.717) is 12.1 Å². The van der Waals surface area contributed by atoms with E-state index in [0.717, 1.165) is 12.3 Å². The quantitative estimate of drug-likeness (QED) is 0.268. The van der Waals surface area contributed by atoms with Crippen molar-refractivity contribution < 1.29 is 27.6 Å². The van der Waals surface area contributed by atoms with Crippen LogP contribution in [0.25, 0.3) is 0 Å². The Morgan fingerprint density at radius 3 is 2.67 bits per heavy atom. The van der Waals surface area contributed by atoms with Gasteiger partial charge in [-0.15, -0.1) is 0 Å². The van der Waals surface area contributed by atoms with Gasteiger partial charge in [0.2, 0.25) is 0 Å². The normalized spacial score (nSPS) is 11.4. The van der Waals surface area contributed by atoms with Gasteiger partial charge in [0.1, 0.15) is 11.8 Å². The van der Waals surface area contributed by atoms with Crippen molar-refractivity contribution in [2.24, 2.45) is 0 Å². The number of anilines is 1. The first-order chi connectivity index (χ1) is 11.2. The van der Waals surface area contributed by atoms with Crippen molar-refractivity contribution in [2.45, 2.75) is 13.1 Å². The van der Waals surface area contributed by atoms with Crippen LogP contribution >= 0.6 is 0 Å². The van der Waals surface area contributed by atoms with Crippen molar-refractivity contribution in [1.29, 1.82) is 5.26 Å². The van der Waals surface area contributed by atoms with E-state index in [4.69, 9.17) is 5.26 Å². The molecule has 0 aliphatic carbocycles. The number of hydrazine groups is 1. The lowest BCUT2D eigenvalue weighted by Gasteiger charge is -2.10. The van der Waals surface area contributed by atoms with Crippen molar-refractivity contribution in [3.8, 4) is 6.07 Å². The molecule has 0 bridgehead atoms. The number of esters is 1. The monoisotopic (exact) mass is 344 g/mol. The number of nitro groups is 1. The third-order valence-electron chi connectivity index (χ3n) is 2.56. The van der Waals surface area contributed by atoms with Crippen molar-refractivity contribution >= 4 is 17.3 Å². The van der Waals surface area contributed by atoms with Crippen LogP contribution in [0.15, 0.2) is 30.0 Å². The minimum absolute atomic E-state index is 0.0374. The van der Waals surface area contributed by atoms with Crippen LogP contribution in [0.4, 0.5) is 24.5 Å². The number of nitriles is 1.